The first-order valence-electron chi connectivity index (χ1n) is 10.3. The summed E-state index contributed by atoms with van der Waals surface area (Å²) in [6, 6.07) is 13.8. The van der Waals surface area contributed by atoms with Crippen LogP contribution in [0.1, 0.15) is 12.8 Å². The number of nitrogens with zero attached hydrogens (tertiary/aromatic N) is 2. The molecule has 172 valence electrons. The van der Waals surface area contributed by atoms with Crippen LogP contribution in [0.4, 0.5) is 4.39 Å². The van der Waals surface area contributed by atoms with Crippen molar-refractivity contribution in [3.63, 3.8) is 0 Å². The maximum Gasteiger partial charge on any atom is 0.243 e. The van der Waals surface area contributed by atoms with Gasteiger partial charge >= 0.3 is 0 Å². The van der Waals surface area contributed by atoms with Crippen molar-refractivity contribution in [3.8, 4) is 5.75 Å². The molecule has 0 radical (unpaired) electrons. The van der Waals surface area contributed by atoms with Crippen LogP contribution in [0.15, 0.2) is 59.5 Å². The van der Waals surface area contributed by atoms with E-state index >= 15 is 0 Å². The molecule has 1 fully saturated rings. The molecule has 0 aliphatic carbocycles. The first kappa shape index (κ1) is 23.7. The number of nitrogens with one attached hydrogen (secondary N) is 1. The SMILES string of the molecule is O=C(CCC(=O)N1CCN(S(=O)(=O)c2ccccc2)CC1)NCCOc1ccc(F)cc1. The Labute approximate surface area is 187 Å². The Kier molecular flexibility index (Phi) is 8.18. The van der Waals surface area contributed by atoms with E-state index in [1.165, 1.54) is 28.6 Å². The molecule has 10 heteroatoms. The van der Waals surface area contributed by atoms with Gasteiger partial charge in [0.15, 0.2) is 0 Å². The predicted molar refractivity (Wildman–Crippen MR) is 116 cm³/mol. The molecular formula is C22H26FN3O5S. The molecule has 2 amide bonds. The summed E-state index contributed by atoms with van der Waals surface area (Å²) in [5.41, 5.74) is 0. The van der Waals surface area contributed by atoms with Crippen LogP contribution in [-0.4, -0.2) is 68.8 Å². The quantitative estimate of drug-likeness (QED) is 0.571. The summed E-state index contributed by atoms with van der Waals surface area (Å²) in [6.07, 6.45) is 0.0913. The summed E-state index contributed by atoms with van der Waals surface area (Å²) in [5, 5.41) is 2.67. The van der Waals surface area contributed by atoms with Crippen LogP contribution in [-0.2, 0) is 19.6 Å². The molecule has 0 unspecified atom stereocenters. The number of amides is 2. The van der Waals surface area contributed by atoms with Gasteiger partial charge in [-0.3, -0.25) is 9.59 Å². The van der Waals surface area contributed by atoms with E-state index in [0.29, 0.717) is 5.75 Å². The molecule has 8 nitrogen and oxygen atoms in total. The number of piperazine rings is 1. The third-order valence-electron chi connectivity index (χ3n) is 5.04. The molecule has 2 aromatic rings. The number of hydrogen-bond acceptors (Lipinski definition) is 5. The minimum absolute atomic E-state index is 0.0396. The third-order valence-corrected chi connectivity index (χ3v) is 6.96. The van der Waals surface area contributed by atoms with Crippen molar-refractivity contribution >= 4 is 21.8 Å². The third kappa shape index (κ3) is 6.51. The van der Waals surface area contributed by atoms with Crippen molar-refractivity contribution in [1.82, 2.24) is 14.5 Å². The maximum absolute atomic E-state index is 12.8. The van der Waals surface area contributed by atoms with Crippen LogP contribution < -0.4 is 10.1 Å². The number of benzene rings is 2. The summed E-state index contributed by atoms with van der Waals surface area (Å²) in [5.74, 6) is -0.301. The molecule has 1 aliphatic heterocycles. The summed E-state index contributed by atoms with van der Waals surface area (Å²) in [7, 11) is -3.57. The van der Waals surface area contributed by atoms with Crippen molar-refractivity contribution in [1.29, 1.82) is 0 Å². The van der Waals surface area contributed by atoms with E-state index < -0.39 is 10.0 Å². The van der Waals surface area contributed by atoms with Crippen LogP contribution in [0.3, 0.4) is 0 Å². The zero-order valence-electron chi connectivity index (χ0n) is 17.6. The Morgan fingerprint density at radius 3 is 2.25 bits per heavy atom. The lowest BCUT2D eigenvalue weighted by Gasteiger charge is -2.34. The second-order valence-corrected chi connectivity index (χ2v) is 9.19. The van der Waals surface area contributed by atoms with Crippen LogP contribution in [0.5, 0.6) is 5.75 Å². The fraction of sp³-hybridized carbons (Fsp3) is 0.364. The molecule has 1 aliphatic rings. The van der Waals surface area contributed by atoms with E-state index in [4.69, 9.17) is 4.74 Å². The van der Waals surface area contributed by atoms with Crippen molar-refractivity contribution in [2.75, 3.05) is 39.3 Å². The first-order valence-corrected chi connectivity index (χ1v) is 11.8. The van der Waals surface area contributed by atoms with Crippen molar-refractivity contribution in [3.05, 3.63) is 60.4 Å². The van der Waals surface area contributed by atoms with Crippen molar-refractivity contribution < 1.29 is 27.1 Å². The molecule has 32 heavy (non-hydrogen) atoms. The van der Waals surface area contributed by atoms with Gasteiger partial charge in [-0.25, -0.2) is 12.8 Å². The molecule has 2 aromatic carbocycles. The van der Waals surface area contributed by atoms with E-state index in [2.05, 4.69) is 5.32 Å². The van der Waals surface area contributed by atoms with E-state index in [-0.39, 0.29) is 74.7 Å². The van der Waals surface area contributed by atoms with Crippen molar-refractivity contribution in [2.24, 2.45) is 0 Å². The van der Waals surface area contributed by atoms with Gasteiger partial charge in [-0.05, 0) is 36.4 Å². The molecule has 0 spiro atoms. The molecule has 1 heterocycles. The summed E-state index contributed by atoms with van der Waals surface area (Å²) < 4.78 is 44.9. The molecule has 1 saturated heterocycles. The van der Waals surface area contributed by atoms with Gasteiger partial charge in [0.2, 0.25) is 21.8 Å². The molecule has 0 bridgehead atoms. The lowest BCUT2D eigenvalue weighted by Crippen LogP contribution is -2.50. The van der Waals surface area contributed by atoms with Gasteiger partial charge in [-0.2, -0.15) is 4.31 Å². The van der Waals surface area contributed by atoms with Gasteiger partial charge in [0.25, 0.3) is 0 Å². The Bertz CT molecular complexity index is 1010. The van der Waals surface area contributed by atoms with Gasteiger partial charge in [0.05, 0.1) is 11.4 Å². The van der Waals surface area contributed by atoms with E-state index in [1.807, 2.05) is 0 Å². The van der Waals surface area contributed by atoms with Gasteiger partial charge in [0, 0.05) is 39.0 Å². The highest BCUT2D eigenvalue weighted by Gasteiger charge is 2.29. The molecule has 0 aromatic heterocycles. The van der Waals surface area contributed by atoms with Crippen LogP contribution in [0, 0.1) is 5.82 Å². The van der Waals surface area contributed by atoms with Crippen LogP contribution in [0.25, 0.3) is 0 Å². The Morgan fingerprint density at radius 1 is 0.938 bits per heavy atom. The Morgan fingerprint density at radius 2 is 1.59 bits per heavy atom. The zero-order chi connectivity index (χ0) is 23.0. The lowest BCUT2D eigenvalue weighted by atomic mass is 10.2. The standard InChI is InChI=1S/C22H26FN3O5S/c23-18-6-8-19(9-7-18)31-17-12-24-21(27)10-11-22(28)25-13-15-26(16-14-25)32(29,30)20-4-2-1-3-5-20/h1-9H,10-17H2,(H,24,27). The van der Waals surface area contributed by atoms with Gasteiger partial charge in [0.1, 0.15) is 18.2 Å². The molecule has 1 N–H and O–H groups in total. The lowest BCUT2D eigenvalue weighted by molar-refractivity contribution is -0.134. The maximum atomic E-state index is 12.8. The highest BCUT2D eigenvalue weighted by atomic mass is 32.2. The average molecular weight is 464 g/mol. The smallest absolute Gasteiger partial charge is 0.243 e. The minimum Gasteiger partial charge on any atom is -0.492 e. The number of carbonyl (C=O) groups is 2. The van der Waals surface area contributed by atoms with Gasteiger partial charge in [-0.1, -0.05) is 18.2 Å². The van der Waals surface area contributed by atoms with Crippen molar-refractivity contribution in [2.45, 2.75) is 17.7 Å². The van der Waals surface area contributed by atoms with Crippen LogP contribution >= 0.6 is 0 Å². The monoisotopic (exact) mass is 463 g/mol. The number of rotatable bonds is 9. The molecule has 3 rings (SSSR count). The topological polar surface area (TPSA) is 96.0 Å². The molecular weight excluding hydrogens is 437 g/mol. The summed E-state index contributed by atoms with van der Waals surface area (Å²) in [6.45, 7) is 1.51. The summed E-state index contributed by atoms with van der Waals surface area (Å²) in [4.78, 5) is 26.2. The Balaban J connectivity index is 1.34. The number of sulfonamides is 1. The number of ether oxygens (including phenoxy) is 1. The number of hydrogen-bond donors (Lipinski definition) is 1. The average Bonchev–Trinajstić information content (AvgIpc) is 2.82. The van der Waals surface area contributed by atoms with E-state index in [9.17, 15) is 22.4 Å². The van der Waals surface area contributed by atoms with Gasteiger partial charge in [-0.15, -0.1) is 0 Å². The Hall–Kier alpha value is -2.98. The second kappa shape index (κ2) is 11.1. The minimum atomic E-state index is -3.57. The highest BCUT2D eigenvalue weighted by Crippen LogP contribution is 2.17. The normalized spacial score (nSPS) is 14.7. The van der Waals surface area contributed by atoms with E-state index in [1.54, 1.807) is 35.2 Å². The fourth-order valence-electron chi connectivity index (χ4n) is 3.28. The summed E-state index contributed by atoms with van der Waals surface area (Å²) >= 11 is 0. The second-order valence-electron chi connectivity index (χ2n) is 7.25. The largest absolute Gasteiger partial charge is 0.492 e. The first-order chi connectivity index (χ1) is 15.4. The van der Waals surface area contributed by atoms with Gasteiger partial charge < -0.3 is 15.0 Å². The predicted octanol–water partition coefficient (Wildman–Crippen LogP) is 1.63. The highest BCUT2D eigenvalue weighted by molar-refractivity contribution is 7.89. The zero-order valence-corrected chi connectivity index (χ0v) is 18.4. The number of halogens is 1. The molecule has 0 atom stereocenters. The van der Waals surface area contributed by atoms with Crippen LogP contribution in [0.2, 0.25) is 0 Å². The fourth-order valence-corrected chi connectivity index (χ4v) is 4.72. The van der Waals surface area contributed by atoms with E-state index in [0.717, 1.165) is 0 Å². The molecule has 0 saturated carbocycles. The number of carbonyl (C=O) groups excluding carboxylic acids is 2.